The first-order valence-electron chi connectivity index (χ1n) is 10.9. The summed E-state index contributed by atoms with van der Waals surface area (Å²) in [6.07, 6.45) is 3.85. The lowest BCUT2D eigenvalue weighted by Gasteiger charge is -2.20. The predicted octanol–water partition coefficient (Wildman–Crippen LogP) is 3.30. The molecule has 1 aliphatic heterocycles. The summed E-state index contributed by atoms with van der Waals surface area (Å²) in [5.74, 6) is -0.508. The highest BCUT2D eigenvalue weighted by Gasteiger charge is 2.29. The number of carbonyl (C=O) groups is 1. The van der Waals surface area contributed by atoms with Crippen LogP contribution in [-0.4, -0.2) is 59.8 Å². The van der Waals surface area contributed by atoms with Gasteiger partial charge in [0, 0.05) is 51.2 Å². The molecule has 2 N–H and O–H groups in total. The van der Waals surface area contributed by atoms with E-state index in [1.807, 2.05) is 4.90 Å². The van der Waals surface area contributed by atoms with Gasteiger partial charge in [-0.15, -0.1) is 0 Å². The summed E-state index contributed by atoms with van der Waals surface area (Å²) in [6.45, 7) is 2.18. The molecule has 2 fully saturated rings. The second-order valence-corrected chi connectivity index (χ2v) is 8.46. The number of nitrogens with zero attached hydrogens (tertiary/aromatic N) is 3. The zero-order chi connectivity index (χ0) is 22.7. The lowest BCUT2D eigenvalue weighted by Crippen LogP contribution is -2.23. The summed E-state index contributed by atoms with van der Waals surface area (Å²) in [4.78, 5) is 22.2. The van der Waals surface area contributed by atoms with Gasteiger partial charge in [-0.25, -0.2) is 14.4 Å². The zero-order valence-corrected chi connectivity index (χ0v) is 18.4. The van der Waals surface area contributed by atoms with E-state index in [1.165, 1.54) is 27.1 Å². The van der Waals surface area contributed by atoms with Crippen LogP contribution in [-0.2, 0) is 20.8 Å². The van der Waals surface area contributed by atoms with Gasteiger partial charge >= 0.3 is 5.97 Å². The van der Waals surface area contributed by atoms with Crippen LogP contribution in [0.1, 0.15) is 36.7 Å². The molecule has 1 aliphatic carbocycles. The molecule has 1 atom stereocenters. The normalized spacial score (nSPS) is 18.9. The Labute approximate surface area is 186 Å². The first-order valence-corrected chi connectivity index (χ1v) is 10.9. The highest BCUT2D eigenvalue weighted by atomic mass is 19.1. The molecule has 2 heterocycles. The number of aliphatic carboxylic acids is 1. The van der Waals surface area contributed by atoms with Gasteiger partial charge in [-0.2, -0.15) is 0 Å². The molecule has 2 aliphatic rings. The lowest BCUT2D eigenvalue weighted by atomic mass is 10.0. The molecule has 1 aromatic heterocycles. The van der Waals surface area contributed by atoms with E-state index in [1.54, 1.807) is 24.4 Å². The summed E-state index contributed by atoms with van der Waals surface area (Å²) >= 11 is 0. The first-order chi connectivity index (χ1) is 15.5. The number of ether oxygens (including phenoxy) is 2. The topological polar surface area (TPSA) is 96.8 Å². The van der Waals surface area contributed by atoms with E-state index in [-0.39, 0.29) is 5.82 Å². The molecule has 2 aromatic rings. The number of carboxylic acid groups (broad SMARTS) is 1. The SMILES string of the molecule is COC(OC)c1cnc(NCC2CC2)nc1-c1cccc(CN2CCC(C(=O)O)C2)c1F. The number of hydrogen-bond donors (Lipinski definition) is 2. The van der Waals surface area contributed by atoms with E-state index in [9.17, 15) is 9.90 Å². The van der Waals surface area contributed by atoms with Crippen molar-refractivity contribution < 1.29 is 23.8 Å². The Morgan fingerprint density at radius 1 is 1.31 bits per heavy atom. The molecule has 1 saturated carbocycles. The van der Waals surface area contributed by atoms with E-state index >= 15 is 4.39 Å². The van der Waals surface area contributed by atoms with E-state index in [0.29, 0.717) is 60.3 Å². The smallest absolute Gasteiger partial charge is 0.307 e. The molecule has 0 bridgehead atoms. The Morgan fingerprint density at radius 2 is 2.09 bits per heavy atom. The lowest BCUT2D eigenvalue weighted by molar-refractivity contribution is -0.141. The molecule has 9 heteroatoms. The van der Waals surface area contributed by atoms with Crippen molar-refractivity contribution in [3.05, 3.63) is 41.3 Å². The molecule has 0 amide bonds. The maximum atomic E-state index is 15.7. The quantitative estimate of drug-likeness (QED) is 0.539. The first kappa shape index (κ1) is 22.6. The second-order valence-electron chi connectivity index (χ2n) is 8.46. The van der Waals surface area contributed by atoms with E-state index in [4.69, 9.17) is 9.47 Å². The standard InChI is InChI=1S/C23H29FN4O4/c1-31-22(32-2)18-11-26-23(25-10-14-6-7-14)27-20(18)17-5-3-4-15(19(17)24)12-28-9-8-16(13-28)21(29)30/h3-5,11,14,16,22H,6-10,12-13H2,1-2H3,(H,29,30)(H,25,26,27). The Balaban J connectivity index is 1.64. The number of benzene rings is 1. The van der Waals surface area contributed by atoms with Gasteiger partial charge in [-0.1, -0.05) is 12.1 Å². The minimum absolute atomic E-state index is 0.336. The van der Waals surface area contributed by atoms with Crippen LogP contribution < -0.4 is 5.32 Å². The van der Waals surface area contributed by atoms with Gasteiger partial charge in [0.2, 0.25) is 5.95 Å². The van der Waals surface area contributed by atoms with Crippen molar-refractivity contribution in [1.82, 2.24) is 14.9 Å². The number of aromatic nitrogens is 2. The van der Waals surface area contributed by atoms with Crippen LogP contribution in [0.2, 0.25) is 0 Å². The fourth-order valence-electron chi connectivity index (χ4n) is 4.08. The van der Waals surface area contributed by atoms with Gasteiger partial charge in [0.15, 0.2) is 6.29 Å². The summed E-state index contributed by atoms with van der Waals surface area (Å²) < 4.78 is 26.5. The van der Waals surface area contributed by atoms with Crippen molar-refractivity contribution in [3.63, 3.8) is 0 Å². The fourth-order valence-corrected chi connectivity index (χ4v) is 4.08. The van der Waals surface area contributed by atoms with Crippen LogP contribution in [0, 0.1) is 17.7 Å². The van der Waals surface area contributed by atoms with Crippen LogP contribution in [0.5, 0.6) is 0 Å². The van der Waals surface area contributed by atoms with Crippen LogP contribution in [0.25, 0.3) is 11.3 Å². The largest absolute Gasteiger partial charge is 0.481 e. The zero-order valence-electron chi connectivity index (χ0n) is 18.4. The average Bonchev–Trinajstić information content (AvgIpc) is 3.51. The molecule has 172 valence electrons. The van der Waals surface area contributed by atoms with Gasteiger partial charge in [-0.05, 0) is 37.8 Å². The Hall–Kier alpha value is -2.62. The Kier molecular flexibility index (Phi) is 6.98. The number of rotatable bonds is 10. The van der Waals surface area contributed by atoms with Crippen molar-refractivity contribution >= 4 is 11.9 Å². The van der Waals surface area contributed by atoms with E-state index < -0.39 is 18.2 Å². The third kappa shape index (κ3) is 5.06. The van der Waals surface area contributed by atoms with Crippen molar-refractivity contribution in [2.24, 2.45) is 11.8 Å². The molecule has 1 unspecified atom stereocenters. The fraction of sp³-hybridized carbons (Fsp3) is 0.522. The molecule has 0 spiro atoms. The minimum atomic E-state index is -0.802. The monoisotopic (exact) mass is 444 g/mol. The maximum absolute atomic E-state index is 15.7. The third-order valence-corrected chi connectivity index (χ3v) is 6.09. The summed E-state index contributed by atoms with van der Waals surface area (Å²) in [5, 5.41) is 12.5. The van der Waals surface area contributed by atoms with Gasteiger partial charge < -0.3 is 19.9 Å². The van der Waals surface area contributed by atoms with Crippen LogP contribution in [0.15, 0.2) is 24.4 Å². The highest BCUT2D eigenvalue weighted by Crippen LogP contribution is 2.33. The average molecular weight is 445 g/mol. The minimum Gasteiger partial charge on any atom is -0.481 e. The predicted molar refractivity (Wildman–Crippen MR) is 116 cm³/mol. The van der Waals surface area contributed by atoms with E-state index in [0.717, 1.165) is 6.54 Å². The molecule has 4 rings (SSSR count). The Morgan fingerprint density at radius 3 is 2.75 bits per heavy atom. The molecule has 1 saturated heterocycles. The number of carboxylic acids is 1. The third-order valence-electron chi connectivity index (χ3n) is 6.09. The molecular formula is C23H29FN4O4. The van der Waals surface area contributed by atoms with Crippen LogP contribution in [0.4, 0.5) is 10.3 Å². The molecular weight excluding hydrogens is 415 g/mol. The van der Waals surface area contributed by atoms with Gasteiger partial charge in [0.05, 0.1) is 17.2 Å². The van der Waals surface area contributed by atoms with Crippen molar-refractivity contribution in [2.45, 2.75) is 32.1 Å². The molecule has 32 heavy (non-hydrogen) atoms. The number of halogens is 1. The highest BCUT2D eigenvalue weighted by molar-refractivity contribution is 5.70. The van der Waals surface area contributed by atoms with Gasteiger partial charge in [0.25, 0.3) is 0 Å². The number of nitrogens with one attached hydrogen (secondary N) is 1. The van der Waals surface area contributed by atoms with Gasteiger partial charge in [0.1, 0.15) is 5.82 Å². The molecule has 0 radical (unpaired) electrons. The van der Waals surface area contributed by atoms with Crippen molar-refractivity contribution in [2.75, 3.05) is 39.2 Å². The number of anilines is 1. The molecule has 8 nitrogen and oxygen atoms in total. The van der Waals surface area contributed by atoms with Crippen LogP contribution in [0.3, 0.4) is 0 Å². The van der Waals surface area contributed by atoms with Crippen LogP contribution >= 0.6 is 0 Å². The molecule has 1 aromatic carbocycles. The number of hydrogen-bond acceptors (Lipinski definition) is 7. The summed E-state index contributed by atoms with van der Waals surface area (Å²) in [6, 6.07) is 5.20. The summed E-state index contributed by atoms with van der Waals surface area (Å²) in [5.41, 5.74) is 1.78. The number of methoxy groups -OCH3 is 2. The Bertz CT molecular complexity index is 965. The second kappa shape index (κ2) is 9.89. The van der Waals surface area contributed by atoms with Crippen molar-refractivity contribution in [3.8, 4) is 11.3 Å². The number of likely N-dealkylation sites (tertiary alicyclic amines) is 1. The van der Waals surface area contributed by atoms with Gasteiger partial charge in [-0.3, -0.25) is 9.69 Å². The van der Waals surface area contributed by atoms with E-state index in [2.05, 4.69) is 15.3 Å². The maximum Gasteiger partial charge on any atom is 0.307 e. The van der Waals surface area contributed by atoms with Crippen molar-refractivity contribution in [1.29, 1.82) is 0 Å². The summed E-state index contributed by atoms with van der Waals surface area (Å²) in [7, 11) is 3.02.